The van der Waals surface area contributed by atoms with Crippen LogP contribution in [0.1, 0.15) is 30.3 Å². The SMILES string of the molecule is CCCCNC(=O)c1cc(-c2ccc(OC)cc2)nc2cc(-c3ccccc3)nn12. The maximum absolute atomic E-state index is 12.9. The second-order valence-corrected chi connectivity index (χ2v) is 7.03. The van der Waals surface area contributed by atoms with Crippen molar-refractivity contribution < 1.29 is 9.53 Å². The number of benzene rings is 2. The molecule has 0 atom stereocenters. The zero-order valence-electron chi connectivity index (χ0n) is 17.1. The van der Waals surface area contributed by atoms with Gasteiger partial charge in [-0.05, 0) is 36.8 Å². The Morgan fingerprint density at radius 3 is 2.43 bits per heavy atom. The fourth-order valence-electron chi connectivity index (χ4n) is 3.27. The van der Waals surface area contributed by atoms with E-state index in [-0.39, 0.29) is 5.91 Å². The van der Waals surface area contributed by atoms with Crippen molar-refractivity contribution in [2.24, 2.45) is 0 Å². The maximum Gasteiger partial charge on any atom is 0.270 e. The van der Waals surface area contributed by atoms with Gasteiger partial charge in [0.15, 0.2) is 5.65 Å². The summed E-state index contributed by atoms with van der Waals surface area (Å²) in [6, 6.07) is 21.2. The van der Waals surface area contributed by atoms with Gasteiger partial charge in [0.2, 0.25) is 0 Å². The summed E-state index contributed by atoms with van der Waals surface area (Å²) in [5, 5.41) is 7.66. The second kappa shape index (κ2) is 8.78. The van der Waals surface area contributed by atoms with E-state index < -0.39 is 0 Å². The summed E-state index contributed by atoms with van der Waals surface area (Å²) in [6.45, 7) is 2.72. The van der Waals surface area contributed by atoms with E-state index in [0.717, 1.165) is 35.4 Å². The standard InChI is InChI=1S/C24H24N4O2/c1-3-4-14-25-24(29)22-15-20(18-10-12-19(30-2)13-11-18)26-23-16-21(27-28(22)23)17-8-6-5-7-9-17/h5-13,15-16H,3-4,14H2,1-2H3,(H,25,29). The number of nitrogens with zero attached hydrogens (tertiary/aromatic N) is 3. The van der Waals surface area contributed by atoms with Crippen LogP contribution in [0.2, 0.25) is 0 Å². The lowest BCUT2D eigenvalue weighted by Crippen LogP contribution is -2.27. The Morgan fingerprint density at radius 1 is 1.00 bits per heavy atom. The van der Waals surface area contributed by atoms with Gasteiger partial charge in [-0.15, -0.1) is 0 Å². The first-order valence-electron chi connectivity index (χ1n) is 10.1. The van der Waals surface area contributed by atoms with E-state index in [0.29, 0.717) is 23.6 Å². The maximum atomic E-state index is 12.9. The number of aromatic nitrogens is 3. The Labute approximate surface area is 175 Å². The minimum Gasteiger partial charge on any atom is -0.497 e. The van der Waals surface area contributed by atoms with Crippen LogP contribution in [0.3, 0.4) is 0 Å². The highest BCUT2D eigenvalue weighted by molar-refractivity contribution is 5.94. The molecule has 0 bridgehead atoms. The fraction of sp³-hybridized carbons (Fsp3) is 0.208. The van der Waals surface area contributed by atoms with Crippen LogP contribution < -0.4 is 10.1 Å². The lowest BCUT2D eigenvalue weighted by atomic mass is 10.1. The van der Waals surface area contributed by atoms with Crippen LogP contribution in [-0.2, 0) is 0 Å². The summed E-state index contributed by atoms with van der Waals surface area (Å²) >= 11 is 0. The molecule has 2 aromatic carbocycles. The molecule has 152 valence electrons. The van der Waals surface area contributed by atoms with Gasteiger partial charge in [-0.2, -0.15) is 5.10 Å². The monoisotopic (exact) mass is 400 g/mol. The molecule has 0 saturated carbocycles. The van der Waals surface area contributed by atoms with Crippen LogP contribution in [0.25, 0.3) is 28.2 Å². The largest absolute Gasteiger partial charge is 0.497 e. The van der Waals surface area contributed by atoms with Crippen LogP contribution in [0, 0.1) is 0 Å². The van der Waals surface area contributed by atoms with Crippen LogP contribution in [0.4, 0.5) is 0 Å². The number of nitrogens with one attached hydrogen (secondary N) is 1. The van der Waals surface area contributed by atoms with E-state index in [1.807, 2.05) is 60.7 Å². The van der Waals surface area contributed by atoms with Crippen molar-refractivity contribution in [2.45, 2.75) is 19.8 Å². The zero-order chi connectivity index (χ0) is 20.9. The van der Waals surface area contributed by atoms with Crippen molar-refractivity contribution in [3.05, 3.63) is 72.4 Å². The van der Waals surface area contributed by atoms with Crippen molar-refractivity contribution in [3.63, 3.8) is 0 Å². The molecule has 4 rings (SSSR count). The predicted octanol–water partition coefficient (Wildman–Crippen LogP) is 4.60. The number of hydrogen-bond donors (Lipinski definition) is 1. The first-order valence-corrected chi connectivity index (χ1v) is 10.1. The van der Waals surface area contributed by atoms with Crippen LogP contribution in [0.15, 0.2) is 66.7 Å². The lowest BCUT2D eigenvalue weighted by Gasteiger charge is -2.09. The van der Waals surface area contributed by atoms with Gasteiger partial charge in [-0.25, -0.2) is 9.50 Å². The van der Waals surface area contributed by atoms with Gasteiger partial charge in [0.1, 0.15) is 11.4 Å². The second-order valence-electron chi connectivity index (χ2n) is 7.03. The molecular formula is C24H24N4O2. The number of fused-ring (bicyclic) bond motifs is 1. The molecule has 0 aliphatic carbocycles. The van der Waals surface area contributed by atoms with Crippen molar-refractivity contribution in [1.82, 2.24) is 19.9 Å². The molecule has 6 heteroatoms. The molecule has 1 amide bonds. The van der Waals surface area contributed by atoms with Gasteiger partial charge in [0.25, 0.3) is 5.91 Å². The van der Waals surface area contributed by atoms with Gasteiger partial charge in [-0.3, -0.25) is 4.79 Å². The highest BCUT2D eigenvalue weighted by atomic mass is 16.5. The van der Waals surface area contributed by atoms with E-state index in [1.165, 1.54) is 0 Å². The number of ether oxygens (including phenoxy) is 1. The normalized spacial score (nSPS) is 10.9. The van der Waals surface area contributed by atoms with Gasteiger partial charge in [0.05, 0.1) is 18.5 Å². The van der Waals surface area contributed by atoms with E-state index in [9.17, 15) is 4.79 Å². The molecule has 6 nitrogen and oxygen atoms in total. The number of carbonyl (C=O) groups is 1. The highest BCUT2D eigenvalue weighted by Crippen LogP contribution is 2.25. The Kier molecular flexibility index (Phi) is 5.75. The van der Waals surface area contributed by atoms with E-state index in [2.05, 4.69) is 17.3 Å². The summed E-state index contributed by atoms with van der Waals surface area (Å²) in [5.74, 6) is 0.612. The number of methoxy groups -OCH3 is 1. The molecule has 30 heavy (non-hydrogen) atoms. The van der Waals surface area contributed by atoms with Gasteiger partial charge < -0.3 is 10.1 Å². The van der Waals surface area contributed by atoms with Gasteiger partial charge in [-0.1, -0.05) is 43.7 Å². The summed E-state index contributed by atoms with van der Waals surface area (Å²) in [6.07, 6.45) is 1.95. The zero-order valence-corrected chi connectivity index (χ0v) is 17.1. The summed E-state index contributed by atoms with van der Waals surface area (Å²) in [5.41, 5.74) is 4.46. The van der Waals surface area contributed by atoms with Crippen LogP contribution in [0.5, 0.6) is 5.75 Å². The first-order chi connectivity index (χ1) is 14.7. The third-order valence-corrected chi connectivity index (χ3v) is 4.93. The molecule has 0 unspecified atom stereocenters. The molecule has 2 aromatic heterocycles. The third kappa shape index (κ3) is 4.03. The topological polar surface area (TPSA) is 68.5 Å². The molecule has 0 radical (unpaired) electrons. The number of rotatable bonds is 7. The van der Waals surface area contributed by atoms with Crippen molar-refractivity contribution in [3.8, 4) is 28.3 Å². The van der Waals surface area contributed by atoms with Gasteiger partial charge >= 0.3 is 0 Å². The van der Waals surface area contributed by atoms with Crippen molar-refractivity contribution in [1.29, 1.82) is 0 Å². The van der Waals surface area contributed by atoms with E-state index in [1.54, 1.807) is 17.7 Å². The molecule has 0 aliphatic heterocycles. The summed E-state index contributed by atoms with van der Waals surface area (Å²) in [7, 11) is 1.63. The third-order valence-electron chi connectivity index (χ3n) is 4.93. The smallest absolute Gasteiger partial charge is 0.270 e. The number of amides is 1. The number of unbranched alkanes of at least 4 members (excludes halogenated alkanes) is 1. The predicted molar refractivity (Wildman–Crippen MR) is 118 cm³/mol. The fourth-order valence-corrected chi connectivity index (χ4v) is 3.27. The molecule has 0 saturated heterocycles. The molecule has 0 fully saturated rings. The van der Waals surface area contributed by atoms with Gasteiger partial charge in [0, 0.05) is 23.7 Å². The summed E-state index contributed by atoms with van der Waals surface area (Å²) < 4.78 is 6.87. The Bertz CT molecular complexity index is 1150. The molecule has 1 N–H and O–H groups in total. The Hall–Kier alpha value is -3.67. The molecule has 4 aromatic rings. The van der Waals surface area contributed by atoms with Crippen molar-refractivity contribution >= 4 is 11.6 Å². The Balaban J connectivity index is 1.81. The Morgan fingerprint density at radius 2 is 1.73 bits per heavy atom. The quantitative estimate of drug-likeness (QED) is 0.460. The minimum absolute atomic E-state index is 0.159. The summed E-state index contributed by atoms with van der Waals surface area (Å²) in [4.78, 5) is 17.7. The van der Waals surface area contributed by atoms with Crippen LogP contribution in [-0.4, -0.2) is 34.2 Å². The molecule has 0 aliphatic rings. The lowest BCUT2D eigenvalue weighted by molar-refractivity contribution is 0.0945. The minimum atomic E-state index is -0.159. The number of hydrogen-bond acceptors (Lipinski definition) is 4. The molecule has 2 heterocycles. The van der Waals surface area contributed by atoms with E-state index in [4.69, 9.17) is 9.72 Å². The first kappa shape index (κ1) is 19.6. The van der Waals surface area contributed by atoms with Crippen molar-refractivity contribution in [2.75, 3.05) is 13.7 Å². The number of carbonyl (C=O) groups excluding carboxylic acids is 1. The molecule has 0 spiro atoms. The van der Waals surface area contributed by atoms with E-state index >= 15 is 0 Å². The highest BCUT2D eigenvalue weighted by Gasteiger charge is 2.17. The average Bonchev–Trinajstić information content (AvgIpc) is 3.23. The van der Waals surface area contributed by atoms with Crippen LogP contribution >= 0.6 is 0 Å². The average molecular weight is 400 g/mol. The molecular weight excluding hydrogens is 376 g/mol.